The number of benzene rings is 2. The normalized spacial score (nSPS) is 11.3. The number of hydrogen-bond donors (Lipinski definition) is 0. The van der Waals surface area contributed by atoms with Crippen LogP contribution >= 0.6 is 0 Å². The number of carbonyl (C=O) groups excluding carboxylic acids is 1. The first-order valence-electron chi connectivity index (χ1n) is 7.37. The number of nitro benzene ring substituents is 2. The summed E-state index contributed by atoms with van der Waals surface area (Å²) in [7, 11) is 1.23. The zero-order chi connectivity index (χ0) is 19.1. The first-order valence-corrected chi connectivity index (χ1v) is 7.37. The topological polar surface area (TPSA) is 113 Å². The van der Waals surface area contributed by atoms with E-state index in [9.17, 15) is 25.0 Å². The quantitative estimate of drug-likeness (QED) is 0.256. The van der Waals surface area contributed by atoms with Gasteiger partial charge in [-0.3, -0.25) is 20.2 Å². The third-order valence-corrected chi connectivity index (χ3v) is 3.38. The van der Waals surface area contributed by atoms with Gasteiger partial charge >= 0.3 is 5.97 Å². The summed E-state index contributed by atoms with van der Waals surface area (Å²) in [6.45, 7) is 0. The van der Waals surface area contributed by atoms with Crippen LogP contribution in [0.15, 0.2) is 60.2 Å². The molecule has 0 saturated carbocycles. The number of nitrogens with zero attached hydrogens (tertiary/aromatic N) is 2. The highest BCUT2D eigenvalue weighted by Crippen LogP contribution is 2.18. The number of nitro groups is 2. The molecule has 0 aliphatic heterocycles. The van der Waals surface area contributed by atoms with Gasteiger partial charge in [0.25, 0.3) is 11.4 Å². The lowest BCUT2D eigenvalue weighted by Gasteiger charge is -2.01. The summed E-state index contributed by atoms with van der Waals surface area (Å²) < 4.78 is 4.72. The van der Waals surface area contributed by atoms with Crippen LogP contribution < -0.4 is 0 Å². The second-order valence-corrected chi connectivity index (χ2v) is 5.13. The summed E-state index contributed by atoms with van der Waals surface area (Å²) in [6, 6.07) is 11.6. The van der Waals surface area contributed by atoms with Gasteiger partial charge in [0.15, 0.2) is 0 Å². The van der Waals surface area contributed by atoms with E-state index in [4.69, 9.17) is 4.74 Å². The van der Waals surface area contributed by atoms with Gasteiger partial charge in [-0.2, -0.15) is 0 Å². The second-order valence-electron chi connectivity index (χ2n) is 5.13. The molecule has 0 spiro atoms. The Bertz CT molecular complexity index is 900. The number of rotatable bonds is 6. The van der Waals surface area contributed by atoms with E-state index in [2.05, 4.69) is 0 Å². The summed E-state index contributed by atoms with van der Waals surface area (Å²) in [5.74, 6) is -0.616. The molecule has 8 nitrogen and oxygen atoms in total. The van der Waals surface area contributed by atoms with Crippen molar-refractivity contribution in [2.75, 3.05) is 7.11 Å². The fourth-order valence-electron chi connectivity index (χ4n) is 2.09. The number of esters is 1. The molecule has 0 bridgehead atoms. The smallest absolute Gasteiger partial charge is 0.337 e. The molecule has 0 heterocycles. The van der Waals surface area contributed by atoms with Crippen LogP contribution in [0.5, 0.6) is 0 Å². The SMILES string of the molecule is COC(=O)C(/C=C/c1ccc([N+](=O)[O-])cc1)=C/c1cccc([N+](=O)[O-])c1. The number of carbonyl (C=O) groups is 1. The molecule has 26 heavy (non-hydrogen) atoms. The number of ether oxygens (including phenoxy) is 1. The van der Waals surface area contributed by atoms with Crippen molar-refractivity contribution in [1.29, 1.82) is 0 Å². The Labute approximate surface area is 148 Å². The predicted molar refractivity (Wildman–Crippen MR) is 95.2 cm³/mol. The van der Waals surface area contributed by atoms with Crippen molar-refractivity contribution in [3.05, 3.63) is 91.5 Å². The van der Waals surface area contributed by atoms with Gasteiger partial charge in [0.2, 0.25) is 0 Å². The van der Waals surface area contributed by atoms with Crippen LogP contribution in [0, 0.1) is 20.2 Å². The average molecular weight is 354 g/mol. The molecule has 0 atom stereocenters. The van der Waals surface area contributed by atoms with E-state index in [1.165, 1.54) is 61.7 Å². The molecule has 0 aromatic heterocycles. The van der Waals surface area contributed by atoms with Crippen LogP contribution in [0.3, 0.4) is 0 Å². The van der Waals surface area contributed by atoms with Crippen LogP contribution in [0.1, 0.15) is 11.1 Å². The molecular weight excluding hydrogens is 340 g/mol. The Kier molecular flexibility index (Phi) is 5.94. The molecule has 0 N–H and O–H groups in total. The summed E-state index contributed by atoms with van der Waals surface area (Å²) in [4.78, 5) is 32.4. The Morgan fingerprint density at radius 3 is 2.19 bits per heavy atom. The monoisotopic (exact) mass is 354 g/mol. The number of hydrogen-bond acceptors (Lipinski definition) is 6. The zero-order valence-corrected chi connectivity index (χ0v) is 13.7. The maximum atomic E-state index is 11.9. The van der Waals surface area contributed by atoms with Crippen LogP contribution in [-0.2, 0) is 9.53 Å². The molecule has 8 heteroatoms. The van der Waals surface area contributed by atoms with Crippen molar-refractivity contribution in [3.63, 3.8) is 0 Å². The average Bonchev–Trinajstić information content (AvgIpc) is 2.65. The molecule has 0 fully saturated rings. The second kappa shape index (κ2) is 8.34. The maximum Gasteiger partial charge on any atom is 0.337 e. The van der Waals surface area contributed by atoms with Gasteiger partial charge in [-0.15, -0.1) is 0 Å². The third kappa shape index (κ3) is 4.84. The Balaban J connectivity index is 2.32. The number of methoxy groups -OCH3 is 1. The van der Waals surface area contributed by atoms with Gasteiger partial charge in [0.1, 0.15) is 0 Å². The lowest BCUT2D eigenvalue weighted by Crippen LogP contribution is -2.02. The van der Waals surface area contributed by atoms with Crippen molar-refractivity contribution < 1.29 is 19.4 Å². The van der Waals surface area contributed by atoms with Gasteiger partial charge in [0, 0.05) is 24.3 Å². The highest BCUT2D eigenvalue weighted by Gasteiger charge is 2.09. The van der Waals surface area contributed by atoms with E-state index in [-0.39, 0.29) is 16.9 Å². The predicted octanol–water partition coefficient (Wildman–Crippen LogP) is 3.77. The highest BCUT2D eigenvalue weighted by atomic mass is 16.6. The molecule has 132 valence electrons. The van der Waals surface area contributed by atoms with Crippen LogP contribution in [0.2, 0.25) is 0 Å². The molecular formula is C18H14N2O6. The van der Waals surface area contributed by atoms with E-state index in [1.54, 1.807) is 12.1 Å². The Hall–Kier alpha value is -3.81. The molecule has 2 aromatic rings. The zero-order valence-electron chi connectivity index (χ0n) is 13.7. The summed E-state index contributed by atoms with van der Waals surface area (Å²) in [5, 5.41) is 21.5. The third-order valence-electron chi connectivity index (χ3n) is 3.38. The first kappa shape index (κ1) is 18.5. The van der Waals surface area contributed by atoms with E-state index < -0.39 is 15.8 Å². The lowest BCUT2D eigenvalue weighted by atomic mass is 10.1. The van der Waals surface area contributed by atoms with Crippen molar-refractivity contribution in [1.82, 2.24) is 0 Å². The fourth-order valence-corrected chi connectivity index (χ4v) is 2.09. The van der Waals surface area contributed by atoms with Crippen LogP contribution in [-0.4, -0.2) is 22.9 Å². The van der Waals surface area contributed by atoms with Crippen molar-refractivity contribution >= 4 is 29.5 Å². The first-order chi connectivity index (χ1) is 12.4. The van der Waals surface area contributed by atoms with Crippen molar-refractivity contribution in [2.45, 2.75) is 0 Å². The van der Waals surface area contributed by atoms with E-state index in [0.29, 0.717) is 11.1 Å². The molecule has 0 unspecified atom stereocenters. The summed E-state index contributed by atoms with van der Waals surface area (Å²) in [6.07, 6.45) is 4.52. The molecule has 2 aromatic carbocycles. The summed E-state index contributed by atoms with van der Waals surface area (Å²) in [5.41, 5.74) is 1.15. The van der Waals surface area contributed by atoms with Crippen LogP contribution in [0.4, 0.5) is 11.4 Å². The minimum atomic E-state index is -0.616. The fraction of sp³-hybridized carbons (Fsp3) is 0.0556. The molecule has 2 rings (SSSR count). The number of non-ortho nitro benzene ring substituents is 2. The van der Waals surface area contributed by atoms with Gasteiger partial charge in [0.05, 0.1) is 22.5 Å². The minimum absolute atomic E-state index is 0.0394. The Morgan fingerprint density at radius 2 is 1.62 bits per heavy atom. The van der Waals surface area contributed by atoms with E-state index >= 15 is 0 Å². The largest absolute Gasteiger partial charge is 0.465 e. The highest BCUT2D eigenvalue weighted by molar-refractivity contribution is 5.97. The van der Waals surface area contributed by atoms with Crippen LogP contribution in [0.25, 0.3) is 12.2 Å². The van der Waals surface area contributed by atoms with Crippen molar-refractivity contribution in [3.8, 4) is 0 Å². The molecule has 0 saturated heterocycles. The van der Waals surface area contributed by atoms with Gasteiger partial charge in [-0.05, 0) is 35.4 Å². The molecule has 0 aliphatic rings. The maximum absolute atomic E-state index is 11.9. The van der Waals surface area contributed by atoms with Gasteiger partial charge in [-0.1, -0.05) is 18.2 Å². The van der Waals surface area contributed by atoms with Crippen molar-refractivity contribution in [2.24, 2.45) is 0 Å². The summed E-state index contributed by atoms with van der Waals surface area (Å²) >= 11 is 0. The molecule has 0 amide bonds. The van der Waals surface area contributed by atoms with E-state index in [0.717, 1.165) is 0 Å². The van der Waals surface area contributed by atoms with E-state index in [1.807, 2.05) is 0 Å². The Morgan fingerprint density at radius 1 is 0.962 bits per heavy atom. The minimum Gasteiger partial charge on any atom is -0.465 e. The lowest BCUT2D eigenvalue weighted by molar-refractivity contribution is -0.385. The van der Waals surface area contributed by atoms with Gasteiger partial charge < -0.3 is 4.74 Å². The standard InChI is InChI=1S/C18H14N2O6/c1-26-18(21)15(11-14-3-2-4-17(12-14)20(24)25)8-5-13-6-9-16(10-7-13)19(22)23/h2-12H,1H3/b8-5+,15-11+. The molecule has 0 radical (unpaired) electrons. The molecule has 0 aliphatic carbocycles. The van der Waals surface area contributed by atoms with Gasteiger partial charge in [-0.25, -0.2) is 4.79 Å².